The summed E-state index contributed by atoms with van der Waals surface area (Å²) >= 11 is 12.1. The predicted molar refractivity (Wildman–Crippen MR) is 111 cm³/mol. The van der Waals surface area contributed by atoms with Crippen molar-refractivity contribution in [2.24, 2.45) is 0 Å². The van der Waals surface area contributed by atoms with Gasteiger partial charge in [0, 0.05) is 16.0 Å². The van der Waals surface area contributed by atoms with E-state index in [-0.39, 0.29) is 20.5 Å². The number of carboxylic acid groups (broad SMARTS) is 1. The number of rotatable bonds is 4. The number of para-hydroxylation sites is 1. The normalized spacial score (nSPS) is 11.7. The summed E-state index contributed by atoms with van der Waals surface area (Å²) < 4.78 is 27.5. The zero-order valence-electron chi connectivity index (χ0n) is 14.6. The maximum atomic E-state index is 13.3. The maximum absolute atomic E-state index is 13.3. The first kappa shape index (κ1) is 19.4. The third kappa shape index (κ3) is 3.37. The van der Waals surface area contributed by atoms with Gasteiger partial charge in [-0.3, -0.25) is 0 Å². The quantitative estimate of drug-likeness (QED) is 0.479. The lowest BCUT2D eigenvalue weighted by atomic mass is 10.1. The van der Waals surface area contributed by atoms with E-state index in [9.17, 15) is 13.2 Å². The molecule has 29 heavy (non-hydrogen) atoms. The van der Waals surface area contributed by atoms with Gasteiger partial charge in [0.15, 0.2) is 0 Å². The van der Waals surface area contributed by atoms with Gasteiger partial charge < -0.3 is 5.11 Å². The summed E-state index contributed by atoms with van der Waals surface area (Å²) in [5.74, 6) is -1.05. The summed E-state index contributed by atoms with van der Waals surface area (Å²) in [6.07, 6.45) is 0. The molecule has 0 aliphatic carbocycles. The van der Waals surface area contributed by atoms with Crippen LogP contribution in [0, 0.1) is 0 Å². The number of carbonyl (C=O) groups is 1. The molecule has 0 spiro atoms. The average Bonchev–Trinajstić information content (AvgIpc) is 3.10. The highest BCUT2D eigenvalue weighted by atomic mass is 35.5. The molecular formula is C20H12Cl2N2O4S. The Morgan fingerprint density at radius 2 is 1.66 bits per heavy atom. The number of nitrogens with zero attached hydrogens (tertiary/aromatic N) is 2. The van der Waals surface area contributed by atoms with Crippen LogP contribution in [0.1, 0.15) is 10.4 Å². The molecule has 1 aromatic heterocycles. The van der Waals surface area contributed by atoms with Gasteiger partial charge in [-0.05, 0) is 36.4 Å². The van der Waals surface area contributed by atoms with Crippen molar-refractivity contribution >= 4 is 50.1 Å². The van der Waals surface area contributed by atoms with Gasteiger partial charge in [0.25, 0.3) is 10.0 Å². The average molecular weight is 447 g/mol. The van der Waals surface area contributed by atoms with Crippen molar-refractivity contribution in [2.75, 3.05) is 0 Å². The Bertz CT molecular complexity index is 1360. The van der Waals surface area contributed by atoms with Gasteiger partial charge in [0.1, 0.15) is 10.6 Å². The molecule has 3 aromatic carbocycles. The molecular weight excluding hydrogens is 435 g/mol. The van der Waals surface area contributed by atoms with Gasteiger partial charge in [0.05, 0.1) is 16.1 Å². The topological polar surface area (TPSA) is 89.3 Å². The summed E-state index contributed by atoms with van der Waals surface area (Å²) in [7, 11) is -4.13. The summed E-state index contributed by atoms with van der Waals surface area (Å²) in [6.45, 7) is 0. The van der Waals surface area contributed by atoms with Gasteiger partial charge in [0.2, 0.25) is 0 Å². The molecule has 0 amide bonds. The van der Waals surface area contributed by atoms with Gasteiger partial charge in [-0.25, -0.2) is 4.79 Å². The molecule has 0 fully saturated rings. The molecule has 4 aromatic rings. The minimum absolute atomic E-state index is 0.0290. The molecule has 4 rings (SSSR count). The molecule has 0 aliphatic heterocycles. The zero-order chi connectivity index (χ0) is 20.8. The Morgan fingerprint density at radius 3 is 2.34 bits per heavy atom. The fraction of sp³-hybridized carbons (Fsp3) is 0. The monoisotopic (exact) mass is 446 g/mol. The van der Waals surface area contributed by atoms with Crippen LogP contribution in [-0.2, 0) is 10.0 Å². The fourth-order valence-electron chi connectivity index (χ4n) is 2.97. The third-order valence-corrected chi connectivity index (χ3v) is 6.66. The molecule has 0 unspecified atom stereocenters. The number of carboxylic acids is 1. The van der Waals surface area contributed by atoms with E-state index in [1.54, 1.807) is 36.4 Å². The number of halogens is 2. The lowest BCUT2D eigenvalue weighted by molar-refractivity contribution is 0.0697. The van der Waals surface area contributed by atoms with Crippen LogP contribution in [0.5, 0.6) is 0 Å². The van der Waals surface area contributed by atoms with E-state index in [1.165, 1.54) is 30.3 Å². The van der Waals surface area contributed by atoms with Crippen molar-refractivity contribution in [2.45, 2.75) is 4.90 Å². The standard InChI is InChI=1S/C20H12Cl2N2O4S/c21-14-9-10-16(22)18(11-14)29(27,28)24-17-4-2-1-3-15(17)19(23-24)12-5-7-13(8-6-12)20(25)26/h1-11H,(H,25,26). The summed E-state index contributed by atoms with van der Waals surface area (Å²) in [6, 6.07) is 17.1. The predicted octanol–water partition coefficient (Wildman–Crippen LogP) is 4.95. The molecule has 1 N–H and O–H groups in total. The van der Waals surface area contributed by atoms with Crippen molar-refractivity contribution in [1.29, 1.82) is 0 Å². The first-order valence-electron chi connectivity index (χ1n) is 8.31. The van der Waals surface area contributed by atoms with Crippen LogP contribution >= 0.6 is 23.2 Å². The van der Waals surface area contributed by atoms with Crippen LogP contribution in [0.15, 0.2) is 71.6 Å². The van der Waals surface area contributed by atoms with Crippen LogP contribution in [0.3, 0.4) is 0 Å². The summed E-state index contributed by atoms with van der Waals surface area (Å²) in [5.41, 5.74) is 1.47. The van der Waals surface area contributed by atoms with Gasteiger partial charge in [-0.2, -0.15) is 17.6 Å². The Hall–Kier alpha value is -2.87. The fourth-order valence-corrected chi connectivity index (χ4v) is 5.01. The van der Waals surface area contributed by atoms with E-state index in [0.717, 1.165) is 4.09 Å². The highest BCUT2D eigenvalue weighted by Crippen LogP contribution is 2.33. The van der Waals surface area contributed by atoms with Crippen LogP contribution in [0.25, 0.3) is 22.2 Å². The Balaban J connectivity index is 1.95. The molecule has 0 saturated carbocycles. The molecule has 9 heteroatoms. The molecule has 0 radical (unpaired) electrons. The van der Waals surface area contributed by atoms with Crippen molar-refractivity contribution in [3.63, 3.8) is 0 Å². The van der Waals surface area contributed by atoms with Gasteiger partial charge in [-0.1, -0.05) is 53.5 Å². The second-order valence-electron chi connectivity index (χ2n) is 6.17. The van der Waals surface area contributed by atoms with E-state index in [0.29, 0.717) is 22.2 Å². The summed E-state index contributed by atoms with van der Waals surface area (Å²) in [5, 5.41) is 14.3. The third-order valence-electron chi connectivity index (χ3n) is 4.36. The zero-order valence-corrected chi connectivity index (χ0v) is 16.9. The lowest BCUT2D eigenvalue weighted by Gasteiger charge is -2.08. The molecule has 0 bridgehead atoms. The second-order valence-corrected chi connectivity index (χ2v) is 8.75. The van der Waals surface area contributed by atoms with E-state index in [4.69, 9.17) is 28.3 Å². The van der Waals surface area contributed by atoms with Crippen molar-refractivity contribution < 1.29 is 18.3 Å². The molecule has 6 nitrogen and oxygen atoms in total. The molecule has 1 heterocycles. The highest BCUT2D eigenvalue weighted by Gasteiger charge is 2.26. The van der Waals surface area contributed by atoms with Crippen molar-refractivity contribution in [3.8, 4) is 11.3 Å². The maximum Gasteiger partial charge on any atom is 0.335 e. The van der Waals surface area contributed by atoms with Crippen LogP contribution in [-0.4, -0.2) is 28.7 Å². The minimum atomic E-state index is -4.13. The smallest absolute Gasteiger partial charge is 0.335 e. The molecule has 0 aliphatic rings. The van der Waals surface area contributed by atoms with Crippen molar-refractivity contribution in [1.82, 2.24) is 9.19 Å². The van der Waals surface area contributed by atoms with Crippen LogP contribution in [0.2, 0.25) is 10.0 Å². The summed E-state index contributed by atoms with van der Waals surface area (Å²) in [4.78, 5) is 10.9. The molecule has 0 saturated heterocycles. The first-order valence-corrected chi connectivity index (χ1v) is 10.5. The number of hydrogen-bond donors (Lipinski definition) is 1. The SMILES string of the molecule is O=C(O)c1ccc(-c2nn(S(=O)(=O)c3cc(Cl)ccc3Cl)c3ccccc23)cc1. The molecule has 146 valence electrons. The number of aromatic nitrogens is 2. The van der Waals surface area contributed by atoms with Gasteiger partial charge >= 0.3 is 5.97 Å². The van der Waals surface area contributed by atoms with E-state index in [2.05, 4.69) is 5.10 Å². The van der Waals surface area contributed by atoms with E-state index < -0.39 is 16.0 Å². The Kier molecular flexibility index (Phi) is 4.82. The number of aromatic carboxylic acids is 1. The Labute approximate surface area is 176 Å². The van der Waals surface area contributed by atoms with E-state index >= 15 is 0 Å². The highest BCUT2D eigenvalue weighted by molar-refractivity contribution is 7.90. The number of benzene rings is 3. The number of fused-ring (bicyclic) bond motifs is 1. The van der Waals surface area contributed by atoms with Crippen LogP contribution < -0.4 is 0 Å². The first-order chi connectivity index (χ1) is 13.8. The van der Waals surface area contributed by atoms with E-state index in [1.807, 2.05) is 0 Å². The van der Waals surface area contributed by atoms with Crippen molar-refractivity contribution in [3.05, 3.63) is 82.3 Å². The van der Waals surface area contributed by atoms with Gasteiger partial charge in [-0.15, -0.1) is 0 Å². The Morgan fingerprint density at radius 1 is 0.966 bits per heavy atom. The number of hydrogen-bond acceptors (Lipinski definition) is 4. The van der Waals surface area contributed by atoms with Crippen LogP contribution in [0.4, 0.5) is 0 Å². The second kappa shape index (κ2) is 7.18. The lowest BCUT2D eigenvalue weighted by Crippen LogP contribution is -2.15. The largest absolute Gasteiger partial charge is 0.478 e. The molecule has 0 atom stereocenters. The minimum Gasteiger partial charge on any atom is -0.478 e.